The van der Waals surface area contributed by atoms with Crippen molar-refractivity contribution in [2.24, 2.45) is 0 Å². The van der Waals surface area contributed by atoms with Gasteiger partial charge in [-0.05, 0) is 128 Å². The van der Waals surface area contributed by atoms with E-state index in [1.54, 1.807) is 0 Å². The molecule has 0 saturated heterocycles. The van der Waals surface area contributed by atoms with E-state index in [0.717, 1.165) is 61.4 Å². The Bertz CT molecular complexity index is 3910. The van der Waals surface area contributed by atoms with Crippen LogP contribution in [0.1, 0.15) is 0 Å². The van der Waals surface area contributed by atoms with E-state index in [1.165, 1.54) is 60.4 Å². The van der Waals surface area contributed by atoms with Crippen molar-refractivity contribution in [3.8, 4) is 50.2 Å². The first kappa shape index (κ1) is 38.5. The Labute approximate surface area is 388 Å². The molecule has 0 N–H and O–H groups in total. The molecule has 314 valence electrons. The zero-order valence-corrected chi connectivity index (χ0v) is 36.6. The Kier molecular flexibility index (Phi) is 9.17. The topological polar surface area (TPSA) is 21.3 Å². The van der Waals surface area contributed by atoms with Gasteiger partial charge in [-0.25, -0.2) is 0 Å². The van der Waals surface area contributed by atoms with E-state index < -0.39 is 0 Å². The van der Waals surface area contributed by atoms with Crippen molar-refractivity contribution < 1.29 is 4.42 Å². The Hall–Kier alpha value is -8.92. The number of fused-ring (bicyclic) bond motifs is 7. The van der Waals surface area contributed by atoms with Gasteiger partial charge in [-0.3, -0.25) is 0 Å². The van der Waals surface area contributed by atoms with Crippen molar-refractivity contribution in [3.63, 3.8) is 0 Å². The molecule has 0 saturated carbocycles. The fourth-order valence-electron chi connectivity index (χ4n) is 10.2. The van der Waals surface area contributed by atoms with Crippen LogP contribution in [0.2, 0.25) is 0 Å². The molecule has 0 fully saturated rings. The summed E-state index contributed by atoms with van der Waals surface area (Å²) in [6, 6.07) is 91.9. The Morgan fingerprint density at radius 2 is 0.761 bits per heavy atom. The maximum absolute atomic E-state index is 6.32. The number of nitrogens with zero attached hydrogens (tertiary/aromatic N) is 2. The van der Waals surface area contributed by atoms with Crippen LogP contribution in [-0.2, 0) is 0 Å². The molecule has 0 aliphatic carbocycles. The molecule has 0 bridgehead atoms. The molecule has 0 radical (unpaired) electrons. The first-order valence-corrected chi connectivity index (χ1v) is 22.9. The van der Waals surface area contributed by atoms with Crippen LogP contribution in [0.15, 0.2) is 259 Å². The van der Waals surface area contributed by atoms with E-state index in [-0.39, 0.29) is 0 Å². The van der Waals surface area contributed by atoms with Crippen LogP contribution in [0.5, 0.6) is 0 Å². The highest BCUT2D eigenvalue weighted by molar-refractivity contribution is 6.13. The molecule has 0 atom stereocenters. The average Bonchev–Trinajstić information content (AvgIpc) is 3.95. The van der Waals surface area contributed by atoms with Gasteiger partial charge in [-0.1, -0.05) is 182 Å². The van der Waals surface area contributed by atoms with Gasteiger partial charge in [0.15, 0.2) is 0 Å². The Morgan fingerprint density at radius 1 is 0.299 bits per heavy atom. The largest absolute Gasteiger partial charge is 0.456 e. The van der Waals surface area contributed by atoms with E-state index in [1.807, 2.05) is 12.1 Å². The van der Waals surface area contributed by atoms with Gasteiger partial charge in [0.1, 0.15) is 11.2 Å². The number of hydrogen-bond donors (Lipinski definition) is 0. The monoisotopic (exact) mass is 854 g/mol. The second kappa shape index (κ2) is 16.0. The first-order valence-electron chi connectivity index (χ1n) is 22.9. The summed E-state index contributed by atoms with van der Waals surface area (Å²) in [4.78, 5) is 2.38. The lowest BCUT2D eigenvalue weighted by Crippen LogP contribution is -2.10. The summed E-state index contributed by atoms with van der Waals surface area (Å²) in [5.74, 6) is 0. The number of aromatic nitrogens is 1. The number of benzene rings is 11. The standard InChI is InChI=1S/C64H42N2O/c1-2-19-54-47(13-1)14-11-23-55(54)48-15-9-17-52(41-48)65(53-18-10-16-49(42-53)56-24-12-28-63-64(56)59-22-5-8-27-62(59)67-63)50-37-33-45(34-38-50)43-29-31-44(32-30-43)46-35-39-51(40-36-46)66-60-25-6-3-20-57(60)58-21-4-7-26-61(58)66/h1-42H. The number of furan rings is 1. The minimum absolute atomic E-state index is 0.890. The zero-order valence-electron chi connectivity index (χ0n) is 36.6. The maximum Gasteiger partial charge on any atom is 0.136 e. The lowest BCUT2D eigenvalue weighted by molar-refractivity contribution is 0.669. The molecular formula is C64H42N2O. The van der Waals surface area contributed by atoms with Gasteiger partial charge in [-0.2, -0.15) is 0 Å². The molecule has 11 aromatic carbocycles. The van der Waals surface area contributed by atoms with Crippen LogP contribution >= 0.6 is 0 Å². The zero-order chi connectivity index (χ0) is 44.3. The number of rotatable bonds is 8. The lowest BCUT2D eigenvalue weighted by Gasteiger charge is -2.27. The molecule has 2 aromatic heterocycles. The van der Waals surface area contributed by atoms with Gasteiger partial charge in [-0.15, -0.1) is 0 Å². The van der Waals surface area contributed by atoms with Gasteiger partial charge in [0.25, 0.3) is 0 Å². The highest BCUT2D eigenvalue weighted by Gasteiger charge is 2.18. The van der Waals surface area contributed by atoms with Crippen LogP contribution in [0.25, 0.3) is 105 Å². The molecule has 3 nitrogen and oxygen atoms in total. The highest BCUT2D eigenvalue weighted by atomic mass is 16.3. The molecular weight excluding hydrogens is 813 g/mol. The van der Waals surface area contributed by atoms with Gasteiger partial charge in [0.05, 0.1) is 11.0 Å². The molecule has 13 rings (SSSR count). The van der Waals surface area contributed by atoms with Crippen molar-refractivity contribution >= 4 is 71.6 Å². The summed E-state index contributed by atoms with van der Waals surface area (Å²) in [5, 5.41) is 7.26. The van der Waals surface area contributed by atoms with Gasteiger partial charge in [0, 0.05) is 44.3 Å². The summed E-state index contributed by atoms with van der Waals surface area (Å²) >= 11 is 0. The molecule has 67 heavy (non-hydrogen) atoms. The third-order valence-corrected chi connectivity index (χ3v) is 13.4. The van der Waals surface area contributed by atoms with Gasteiger partial charge >= 0.3 is 0 Å². The van der Waals surface area contributed by atoms with Gasteiger partial charge < -0.3 is 13.9 Å². The average molecular weight is 855 g/mol. The molecule has 3 heteroatoms. The molecule has 13 aromatic rings. The maximum atomic E-state index is 6.32. The van der Waals surface area contributed by atoms with Crippen molar-refractivity contribution in [3.05, 3.63) is 255 Å². The van der Waals surface area contributed by atoms with Crippen LogP contribution in [0.3, 0.4) is 0 Å². The quantitative estimate of drug-likeness (QED) is 0.152. The second-order valence-corrected chi connectivity index (χ2v) is 17.3. The number of hydrogen-bond acceptors (Lipinski definition) is 2. The van der Waals surface area contributed by atoms with Crippen LogP contribution in [-0.4, -0.2) is 4.57 Å². The predicted octanol–water partition coefficient (Wildman–Crippen LogP) is 18.0. The second-order valence-electron chi connectivity index (χ2n) is 17.3. The highest BCUT2D eigenvalue weighted by Crippen LogP contribution is 2.43. The minimum Gasteiger partial charge on any atom is -0.456 e. The van der Waals surface area contributed by atoms with E-state index in [9.17, 15) is 0 Å². The fraction of sp³-hybridized carbons (Fsp3) is 0. The van der Waals surface area contributed by atoms with Crippen LogP contribution < -0.4 is 4.90 Å². The molecule has 2 heterocycles. The molecule has 0 spiro atoms. The Morgan fingerprint density at radius 3 is 1.42 bits per heavy atom. The first-order chi connectivity index (χ1) is 33.2. The number of anilines is 3. The third kappa shape index (κ3) is 6.67. The Balaban J connectivity index is 0.854. The third-order valence-electron chi connectivity index (χ3n) is 13.4. The minimum atomic E-state index is 0.890. The summed E-state index contributed by atoms with van der Waals surface area (Å²) < 4.78 is 8.69. The van der Waals surface area contributed by atoms with E-state index >= 15 is 0 Å². The van der Waals surface area contributed by atoms with E-state index in [4.69, 9.17) is 4.42 Å². The van der Waals surface area contributed by atoms with Crippen molar-refractivity contribution in [1.29, 1.82) is 0 Å². The van der Waals surface area contributed by atoms with Crippen molar-refractivity contribution in [1.82, 2.24) is 4.57 Å². The van der Waals surface area contributed by atoms with Crippen molar-refractivity contribution in [2.75, 3.05) is 4.90 Å². The van der Waals surface area contributed by atoms with Crippen LogP contribution in [0, 0.1) is 0 Å². The van der Waals surface area contributed by atoms with Gasteiger partial charge in [0.2, 0.25) is 0 Å². The summed E-state index contributed by atoms with van der Waals surface area (Å²) in [7, 11) is 0. The lowest BCUT2D eigenvalue weighted by atomic mass is 9.97. The van der Waals surface area contributed by atoms with Crippen molar-refractivity contribution in [2.45, 2.75) is 0 Å². The van der Waals surface area contributed by atoms with E-state index in [0.29, 0.717) is 0 Å². The van der Waals surface area contributed by atoms with E-state index in [2.05, 4.69) is 252 Å². The molecule has 0 aliphatic rings. The predicted molar refractivity (Wildman–Crippen MR) is 282 cm³/mol. The number of para-hydroxylation sites is 3. The SMILES string of the molecule is c1cc(-c2cccc3ccccc23)cc(N(c2ccc(-c3ccc(-c4ccc(-n5c6ccccc6c6ccccc65)cc4)cc3)cc2)c2cccc(-c3cccc4oc5ccccc5c34)c2)c1. The smallest absolute Gasteiger partial charge is 0.136 e. The summed E-state index contributed by atoms with van der Waals surface area (Å²) in [6.45, 7) is 0. The normalized spacial score (nSPS) is 11.6. The molecule has 0 unspecified atom stereocenters. The summed E-state index contributed by atoms with van der Waals surface area (Å²) in [5.41, 5.74) is 18.0. The molecule has 0 aliphatic heterocycles. The summed E-state index contributed by atoms with van der Waals surface area (Å²) in [6.07, 6.45) is 0. The fourth-order valence-corrected chi connectivity index (χ4v) is 10.2. The molecule has 0 amide bonds. The van der Waals surface area contributed by atoms with Crippen LogP contribution in [0.4, 0.5) is 17.1 Å².